The van der Waals surface area contributed by atoms with E-state index in [0.29, 0.717) is 17.9 Å². The Bertz CT molecular complexity index is 269. The third-order valence-electron chi connectivity index (χ3n) is 2.95. The Morgan fingerprint density at radius 1 is 1.56 bits per heavy atom. The van der Waals surface area contributed by atoms with Crippen LogP contribution in [0.3, 0.4) is 0 Å². The first-order chi connectivity index (χ1) is 7.58. The van der Waals surface area contributed by atoms with Gasteiger partial charge in [-0.1, -0.05) is 12.2 Å². The molecule has 0 spiro atoms. The Kier molecular flexibility index (Phi) is 4.80. The van der Waals surface area contributed by atoms with Crippen molar-refractivity contribution in [3.05, 3.63) is 12.2 Å². The molecular formula is C12H23N3O. The number of ether oxygens (including phenoxy) is 1. The zero-order chi connectivity index (χ0) is 12.0. The lowest BCUT2D eigenvalue weighted by Crippen LogP contribution is -2.33. The number of guanidine groups is 1. The number of nitrogens with one attached hydrogen (secondary N) is 1. The minimum atomic E-state index is 0.367. The first-order valence-corrected chi connectivity index (χ1v) is 5.75. The van der Waals surface area contributed by atoms with Crippen LogP contribution in [-0.4, -0.2) is 32.8 Å². The van der Waals surface area contributed by atoms with Crippen LogP contribution < -0.4 is 11.1 Å². The average Bonchev–Trinajstić information content (AvgIpc) is 3.01. The van der Waals surface area contributed by atoms with Crippen LogP contribution in [0, 0.1) is 5.41 Å². The Morgan fingerprint density at radius 3 is 2.75 bits per heavy atom. The molecule has 0 radical (unpaired) electrons. The molecule has 0 bridgehead atoms. The molecule has 1 saturated carbocycles. The first kappa shape index (κ1) is 13.0. The van der Waals surface area contributed by atoms with E-state index in [2.05, 4.69) is 16.9 Å². The van der Waals surface area contributed by atoms with E-state index < -0.39 is 0 Å². The van der Waals surface area contributed by atoms with Crippen LogP contribution in [0.15, 0.2) is 17.1 Å². The second-order valence-corrected chi connectivity index (χ2v) is 4.75. The molecule has 4 heteroatoms. The molecule has 1 aliphatic rings. The highest BCUT2D eigenvalue weighted by molar-refractivity contribution is 5.78. The van der Waals surface area contributed by atoms with Crippen molar-refractivity contribution in [2.24, 2.45) is 16.1 Å². The van der Waals surface area contributed by atoms with E-state index in [4.69, 9.17) is 10.5 Å². The normalized spacial score (nSPS) is 18.2. The van der Waals surface area contributed by atoms with Crippen molar-refractivity contribution in [1.29, 1.82) is 0 Å². The molecule has 0 heterocycles. The third-order valence-corrected chi connectivity index (χ3v) is 2.95. The van der Waals surface area contributed by atoms with Crippen LogP contribution in [0.25, 0.3) is 0 Å². The van der Waals surface area contributed by atoms with Crippen molar-refractivity contribution >= 4 is 5.96 Å². The second kappa shape index (κ2) is 5.89. The highest BCUT2D eigenvalue weighted by atomic mass is 16.5. The summed E-state index contributed by atoms with van der Waals surface area (Å²) in [6.07, 6.45) is 3.57. The molecule has 16 heavy (non-hydrogen) atoms. The fourth-order valence-corrected chi connectivity index (χ4v) is 1.53. The summed E-state index contributed by atoms with van der Waals surface area (Å²) in [6, 6.07) is 0. The van der Waals surface area contributed by atoms with E-state index in [1.165, 1.54) is 12.8 Å². The number of hydrogen-bond donors (Lipinski definition) is 2. The Labute approximate surface area is 98.0 Å². The summed E-state index contributed by atoms with van der Waals surface area (Å²) in [4.78, 5) is 4.37. The van der Waals surface area contributed by atoms with Gasteiger partial charge in [-0.3, -0.25) is 4.99 Å². The van der Waals surface area contributed by atoms with Gasteiger partial charge in [0.05, 0.1) is 0 Å². The SMILES string of the molecule is C=C(C)CNC(N)=NCC1(CCOC)CC1. The lowest BCUT2D eigenvalue weighted by atomic mass is 10.0. The molecule has 92 valence electrons. The average molecular weight is 225 g/mol. The molecule has 0 aromatic heterocycles. The minimum absolute atomic E-state index is 0.367. The molecule has 4 nitrogen and oxygen atoms in total. The van der Waals surface area contributed by atoms with Crippen LogP contribution in [0.1, 0.15) is 26.2 Å². The fourth-order valence-electron chi connectivity index (χ4n) is 1.53. The Hall–Kier alpha value is -1.03. The number of hydrogen-bond acceptors (Lipinski definition) is 2. The van der Waals surface area contributed by atoms with Gasteiger partial charge in [0.2, 0.25) is 0 Å². The molecule has 1 rings (SSSR count). The van der Waals surface area contributed by atoms with Crippen LogP contribution in [0.5, 0.6) is 0 Å². The lowest BCUT2D eigenvalue weighted by Gasteiger charge is -2.12. The van der Waals surface area contributed by atoms with Crippen molar-refractivity contribution in [1.82, 2.24) is 5.32 Å². The predicted octanol–water partition coefficient (Wildman–Crippen LogP) is 1.28. The Morgan fingerprint density at radius 2 is 2.25 bits per heavy atom. The number of nitrogens with zero attached hydrogens (tertiary/aromatic N) is 1. The van der Waals surface area contributed by atoms with Gasteiger partial charge < -0.3 is 15.8 Å². The molecule has 0 unspecified atom stereocenters. The quantitative estimate of drug-likeness (QED) is 0.390. The highest BCUT2D eigenvalue weighted by Crippen LogP contribution is 2.48. The molecular weight excluding hydrogens is 202 g/mol. The van der Waals surface area contributed by atoms with Crippen molar-refractivity contribution < 1.29 is 4.74 Å². The molecule has 1 aliphatic carbocycles. The van der Waals surface area contributed by atoms with Gasteiger partial charge in [0.1, 0.15) is 0 Å². The molecule has 3 N–H and O–H groups in total. The number of nitrogens with two attached hydrogens (primary N) is 1. The smallest absolute Gasteiger partial charge is 0.188 e. The monoisotopic (exact) mass is 225 g/mol. The summed E-state index contributed by atoms with van der Waals surface area (Å²) >= 11 is 0. The lowest BCUT2D eigenvalue weighted by molar-refractivity contribution is 0.174. The third kappa shape index (κ3) is 4.66. The van der Waals surface area contributed by atoms with E-state index in [1.807, 2.05) is 6.92 Å². The van der Waals surface area contributed by atoms with Crippen molar-refractivity contribution in [2.75, 3.05) is 26.8 Å². The van der Waals surface area contributed by atoms with Gasteiger partial charge in [-0.25, -0.2) is 0 Å². The van der Waals surface area contributed by atoms with Gasteiger partial charge in [-0.2, -0.15) is 0 Å². The number of methoxy groups -OCH3 is 1. The van der Waals surface area contributed by atoms with Crippen LogP contribution in [0.2, 0.25) is 0 Å². The van der Waals surface area contributed by atoms with Gasteiger partial charge in [0, 0.05) is 26.8 Å². The van der Waals surface area contributed by atoms with Crippen molar-refractivity contribution in [3.63, 3.8) is 0 Å². The maximum Gasteiger partial charge on any atom is 0.188 e. The van der Waals surface area contributed by atoms with Gasteiger partial charge in [-0.05, 0) is 31.6 Å². The zero-order valence-corrected chi connectivity index (χ0v) is 10.4. The summed E-state index contributed by atoms with van der Waals surface area (Å²) in [7, 11) is 1.74. The van der Waals surface area contributed by atoms with E-state index in [9.17, 15) is 0 Å². The van der Waals surface area contributed by atoms with Crippen molar-refractivity contribution in [3.8, 4) is 0 Å². The van der Waals surface area contributed by atoms with Gasteiger partial charge in [0.25, 0.3) is 0 Å². The molecule has 0 aromatic carbocycles. The van der Waals surface area contributed by atoms with Gasteiger partial charge in [-0.15, -0.1) is 0 Å². The largest absolute Gasteiger partial charge is 0.385 e. The molecule has 0 saturated heterocycles. The number of aliphatic imine (C=N–C) groups is 1. The predicted molar refractivity (Wildman–Crippen MR) is 67.5 cm³/mol. The first-order valence-electron chi connectivity index (χ1n) is 5.75. The summed E-state index contributed by atoms with van der Waals surface area (Å²) in [5, 5.41) is 3.04. The maximum absolute atomic E-state index is 5.75. The van der Waals surface area contributed by atoms with Crippen LogP contribution in [-0.2, 0) is 4.74 Å². The maximum atomic E-state index is 5.75. The second-order valence-electron chi connectivity index (χ2n) is 4.75. The summed E-state index contributed by atoms with van der Waals surface area (Å²) in [5.74, 6) is 0.520. The van der Waals surface area contributed by atoms with E-state index in [1.54, 1.807) is 7.11 Å². The van der Waals surface area contributed by atoms with Gasteiger partial charge in [0.15, 0.2) is 5.96 Å². The summed E-state index contributed by atoms with van der Waals surface area (Å²) < 4.78 is 5.10. The molecule has 0 aromatic rings. The summed E-state index contributed by atoms with van der Waals surface area (Å²) in [6.45, 7) is 8.08. The van der Waals surface area contributed by atoms with Crippen LogP contribution in [0.4, 0.5) is 0 Å². The van der Waals surface area contributed by atoms with E-state index >= 15 is 0 Å². The molecule has 1 fully saturated rings. The van der Waals surface area contributed by atoms with Crippen LogP contribution >= 0.6 is 0 Å². The molecule has 0 amide bonds. The zero-order valence-electron chi connectivity index (χ0n) is 10.4. The van der Waals surface area contributed by atoms with Crippen molar-refractivity contribution in [2.45, 2.75) is 26.2 Å². The Balaban J connectivity index is 2.26. The van der Waals surface area contributed by atoms with E-state index in [0.717, 1.165) is 25.1 Å². The number of rotatable bonds is 7. The van der Waals surface area contributed by atoms with Gasteiger partial charge >= 0.3 is 0 Å². The van der Waals surface area contributed by atoms with E-state index in [-0.39, 0.29) is 0 Å². The minimum Gasteiger partial charge on any atom is -0.385 e. The standard InChI is InChI=1S/C12H23N3O/c1-10(2)8-14-11(13)15-9-12(4-5-12)6-7-16-3/h1,4-9H2,2-3H3,(H3,13,14,15). The molecule has 0 aliphatic heterocycles. The fraction of sp³-hybridized carbons (Fsp3) is 0.750. The molecule has 0 atom stereocenters. The topological polar surface area (TPSA) is 59.6 Å². The summed E-state index contributed by atoms with van der Waals surface area (Å²) in [5.41, 5.74) is 7.17. The highest BCUT2D eigenvalue weighted by Gasteiger charge is 2.41.